The van der Waals surface area contributed by atoms with Crippen molar-refractivity contribution in [2.75, 3.05) is 26.2 Å². The van der Waals surface area contributed by atoms with E-state index in [-0.39, 0.29) is 5.91 Å². The van der Waals surface area contributed by atoms with Crippen LogP contribution < -0.4 is 0 Å². The molecule has 0 bridgehead atoms. The predicted molar refractivity (Wildman–Crippen MR) is 99.5 cm³/mol. The molecule has 0 spiro atoms. The number of hydrogen-bond acceptors (Lipinski definition) is 3. The normalized spacial score (nSPS) is 21.5. The molecule has 0 aliphatic carbocycles. The number of rotatable bonds is 4. The molecule has 1 aromatic carbocycles. The van der Waals surface area contributed by atoms with Gasteiger partial charge in [-0.3, -0.25) is 4.79 Å². The number of hydrogen-bond donors (Lipinski definition) is 0. The average molecular weight is 340 g/mol. The summed E-state index contributed by atoms with van der Waals surface area (Å²) in [5, 5.41) is 4.23. The van der Waals surface area contributed by atoms with Gasteiger partial charge in [-0.05, 0) is 78.9 Å². The molecule has 1 amide bonds. The molecule has 0 N–H and O–H groups in total. The van der Waals surface area contributed by atoms with Crippen molar-refractivity contribution in [3.8, 4) is 11.1 Å². The number of nitrogens with zero attached hydrogens (tertiary/aromatic N) is 2. The molecule has 2 fully saturated rings. The molecule has 2 aromatic rings. The summed E-state index contributed by atoms with van der Waals surface area (Å²) in [7, 11) is 0. The fourth-order valence-electron chi connectivity index (χ4n) is 3.96. The van der Waals surface area contributed by atoms with Gasteiger partial charge in [0.2, 0.25) is 0 Å². The summed E-state index contributed by atoms with van der Waals surface area (Å²) in [5.74, 6) is 0.202. The highest BCUT2D eigenvalue weighted by atomic mass is 32.1. The van der Waals surface area contributed by atoms with E-state index in [1.54, 1.807) is 11.3 Å². The summed E-state index contributed by atoms with van der Waals surface area (Å²) in [6.45, 7) is 4.37. The first-order valence-corrected chi connectivity index (χ1v) is 9.91. The third-order valence-electron chi connectivity index (χ3n) is 5.29. The lowest BCUT2D eigenvalue weighted by Crippen LogP contribution is -2.42. The van der Waals surface area contributed by atoms with Crippen molar-refractivity contribution in [2.24, 2.45) is 0 Å². The van der Waals surface area contributed by atoms with Crippen LogP contribution in [0.15, 0.2) is 41.1 Å². The standard InChI is InChI=1S/C20H24N2OS/c23-20(17-7-5-16(6-8-17)18-9-13-24-15-18)22-12-3-4-19(22)14-21-10-1-2-11-21/h5-9,13,15,19H,1-4,10-12,14H2. The molecule has 1 atom stereocenters. The van der Waals surface area contributed by atoms with E-state index in [1.807, 2.05) is 12.1 Å². The van der Waals surface area contributed by atoms with Gasteiger partial charge < -0.3 is 9.80 Å². The summed E-state index contributed by atoms with van der Waals surface area (Å²) in [6.07, 6.45) is 4.90. The Hall–Kier alpha value is -1.65. The zero-order valence-electron chi connectivity index (χ0n) is 14.0. The first-order valence-electron chi connectivity index (χ1n) is 8.97. The average Bonchev–Trinajstić information content (AvgIpc) is 3.37. The fourth-order valence-corrected chi connectivity index (χ4v) is 4.62. The van der Waals surface area contributed by atoms with Gasteiger partial charge in [-0.2, -0.15) is 11.3 Å². The Morgan fingerprint density at radius 3 is 2.50 bits per heavy atom. The van der Waals surface area contributed by atoms with Crippen LogP contribution in [-0.2, 0) is 0 Å². The molecular formula is C20H24N2OS. The van der Waals surface area contributed by atoms with E-state index in [2.05, 4.69) is 38.8 Å². The van der Waals surface area contributed by atoms with Gasteiger partial charge in [-0.15, -0.1) is 0 Å². The maximum Gasteiger partial charge on any atom is 0.254 e. The van der Waals surface area contributed by atoms with Gasteiger partial charge in [0.15, 0.2) is 0 Å². The second-order valence-corrected chi connectivity index (χ2v) is 7.67. The second-order valence-electron chi connectivity index (χ2n) is 6.89. The van der Waals surface area contributed by atoms with Gasteiger partial charge in [0.25, 0.3) is 5.91 Å². The summed E-state index contributed by atoms with van der Waals surface area (Å²) >= 11 is 1.70. The topological polar surface area (TPSA) is 23.6 Å². The summed E-state index contributed by atoms with van der Waals surface area (Å²) in [6, 6.07) is 10.6. The molecular weight excluding hydrogens is 316 g/mol. The highest BCUT2D eigenvalue weighted by Gasteiger charge is 2.31. The van der Waals surface area contributed by atoms with Gasteiger partial charge in [0.05, 0.1) is 0 Å². The number of carbonyl (C=O) groups excluding carboxylic acids is 1. The second kappa shape index (κ2) is 7.08. The van der Waals surface area contributed by atoms with Crippen LogP contribution in [0.3, 0.4) is 0 Å². The number of thiophene rings is 1. The molecule has 4 heteroatoms. The van der Waals surface area contributed by atoms with Crippen LogP contribution >= 0.6 is 11.3 Å². The van der Waals surface area contributed by atoms with E-state index in [9.17, 15) is 4.79 Å². The Kier molecular flexibility index (Phi) is 4.67. The lowest BCUT2D eigenvalue weighted by atomic mass is 10.1. The van der Waals surface area contributed by atoms with Crippen molar-refractivity contribution in [3.63, 3.8) is 0 Å². The van der Waals surface area contributed by atoms with E-state index in [4.69, 9.17) is 0 Å². The summed E-state index contributed by atoms with van der Waals surface area (Å²) < 4.78 is 0. The minimum atomic E-state index is 0.202. The predicted octanol–water partition coefficient (Wildman–Crippen LogP) is 4.12. The minimum Gasteiger partial charge on any atom is -0.334 e. The molecule has 4 rings (SSSR count). The molecule has 2 saturated heterocycles. The largest absolute Gasteiger partial charge is 0.334 e. The smallest absolute Gasteiger partial charge is 0.254 e. The van der Waals surface area contributed by atoms with Crippen LogP contribution in [0.25, 0.3) is 11.1 Å². The molecule has 3 heterocycles. The number of likely N-dealkylation sites (tertiary alicyclic amines) is 2. The van der Waals surface area contributed by atoms with Crippen LogP contribution in [0, 0.1) is 0 Å². The SMILES string of the molecule is O=C(c1ccc(-c2ccsc2)cc1)N1CCCC1CN1CCCC1. The summed E-state index contributed by atoms with van der Waals surface area (Å²) in [4.78, 5) is 17.6. The third kappa shape index (κ3) is 3.26. The Morgan fingerprint density at radius 1 is 1.00 bits per heavy atom. The van der Waals surface area contributed by atoms with E-state index in [1.165, 1.54) is 37.1 Å². The zero-order valence-corrected chi connectivity index (χ0v) is 14.8. The van der Waals surface area contributed by atoms with Crippen molar-refractivity contribution in [2.45, 2.75) is 31.7 Å². The monoisotopic (exact) mass is 340 g/mol. The zero-order chi connectivity index (χ0) is 16.4. The molecule has 0 saturated carbocycles. The van der Waals surface area contributed by atoms with E-state index in [0.29, 0.717) is 6.04 Å². The fraction of sp³-hybridized carbons (Fsp3) is 0.450. The van der Waals surface area contributed by atoms with Crippen LogP contribution in [0.4, 0.5) is 0 Å². The van der Waals surface area contributed by atoms with Gasteiger partial charge in [-0.1, -0.05) is 12.1 Å². The van der Waals surface area contributed by atoms with Crippen LogP contribution in [0.1, 0.15) is 36.0 Å². The van der Waals surface area contributed by atoms with Crippen molar-refractivity contribution in [1.29, 1.82) is 0 Å². The number of carbonyl (C=O) groups is 1. The maximum absolute atomic E-state index is 12.9. The number of benzene rings is 1. The molecule has 3 nitrogen and oxygen atoms in total. The van der Waals surface area contributed by atoms with Gasteiger partial charge in [-0.25, -0.2) is 0 Å². The van der Waals surface area contributed by atoms with E-state index in [0.717, 1.165) is 31.5 Å². The molecule has 1 aromatic heterocycles. The lowest BCUT2D eigenvalue weighted by molar-refractivity contribution is 0.0709. The maximum atomic E-state index is 12.9. The molecule has 2 aliphatic heterocycles. The number of amides is 1. The van der Waals surface area contributed by atoms with Crippen molar-refractivity contribution in [3.05, 3.63) is 46.7 Å². The highest BCUT2D eigenvalue weighted by Crippen LogP contribution is 2.25. The van der Waals surface area contributed by atoms with E-state index >= 15 is 0 Å². The van der Waals surface area contributed by atoms with Crippen molar-refractivity contribution >= 4 is 17.2 Å². The Bertz CT molecular complexity index is 674. The Labute approximate surface area is 147 Å². The van der Waals surface area contributed by atoms with Crippen molar-refractivity contribution < 1.29 is 4.79 Å². The van der Waals surface area contributed by atoms with E-state index < -0.39 is 0 Å². The van der Waals surface area contributed by atoms with Crippen LogP contribution in [0.5, 0.6) is 0 Å². The van der Waals surface area contributed by atoms with Crippen LogP contribution in [-0.4, -0.2) is 47.9 Å². The van der Waals surface area contributed by atoms with Crippen LogP contribution in [0.2, 0.25) is 0 Å². The lowest BCUT2D eigenvalue weighted by Gasteiger charge is -2.28. The van der Waals surface area contributed by atoms with Gasteiger partial charge >= 0.3 is 0 Å². The van der Waals surface area contributed by atoms with Crippen molar-refractivity contribution in [1.82, 2.24) is 9.80 Å². The first kappa shape index (κ1) is 15.9. The highest BCUT2D eigenvalue weighted by molar-refractivity contribution is 7.08. The Morgan fingerprint density at radius 2 is 1.79 bits per heavy atom. The molecule has 0 radical (unpaired) electrons. The minimum absolute atomic E-state index is 0.202. The Balaban J connectivity index is 1.45. The molecule has 126 valence electrons. The molecule has 1 unspecified atom stereocenters. The quantitative estimate of drug-likeness (QED) is 0.836. The first-order chi connectivity index (χ1) is 11.8. The molecule has 2 aliphatic rings. The molecule has 24 heavy (non-hydrogen) atoms. The van der Waals surface area contributed by atoms with Gasteiger partial charge in [0.1, 0.15) is 0 Å². The van der Waals surface area contributed by atoms with Gasteiger partial charge in [0, 0.05) is 24.7 Å². The third-order valence-corrected chi connectivity index (χ3v) is 5.98. The summed E-state index contributed by atoms with van der Waals surface area (Å²) in [5.41, 5.74) is 3.23.